The number of benzene rings is 2. The summed E-state index contributed by atoms with van der Waals surface area (Å²) < 4.78 is 5.16. The van der Waals surface area contributed by atoms with E-state index in [1.54, 1.807) is 7.11 Å². The zero-order valence-corrected chi connectivity index (χ0v) is 14.3. The van der Waals surface area contributed by atoms with E-state index in [1.165, 1.54) is 23.7 Å². The molecule has 0 aliphatic rings. The number of hydrogen-bond acceptors (Lipinski definition) is 6. The molecule has 3 N–H and O–H groups in total. The molecular weight excluding hydrogens is 320 g/mol. The maximum Gasteiger partial charge on any atom is 0.158 e. The number of rotatable bonds is 5. The van der Waals surface area contributed by atoms with Crippen LogP contribution in [-0.2, 0) is 0 Å². The first kappa shape index (κ1) is 16.1. The second-order valence-electron chi connectivity index (χ2n) is 5.21. The number of aryl methyl sites for hydroxylation is 1. The van der Waals surface area contributed by atoms with E-state index < -0.39 is 0 Å². The van der Waals surface area contributed by atoms with Gasteiger partial charge in [0.05, 0.1) is 7.11 Å². The highest BCUT2D eigenvalue weighted by Gasteiger charge is 2.10. The standard InChI is InChI=1S/C18H18N4OS/c1-12-3-9-15(10-4-12)24-18-16(19)17(20-11-21-18)22-13-5-7-14(23-2)8-6-13/h3-11H,19H2,1-2H3,(H,20,21,22). The average Bonchev–Trinajstić information content (AvgIpc) is 2.61. The summed E-state index contributed by atoms with van der Waals surface area (Å²) in [7, 11) is 1.64. The van der Waals surface area contributed by atoms with Gasteiger partial charge in [0, 0.05) is 10.6 Å². The van der Waals surface area contributed by atoms with Gasteiger partial charge in [-0.3, -0.25) is 0 Å². The predicted molar refractivity (Wildman–Crippen MR) is 98.0 cm³/mol. The highest BCUT2D eigenvalue weighted by Crippen LogP contribution is 2.34. The molecule has 0 radical (unpaired) electrons. The Balaban J connectivity index is 1.80. The molecule has 0 unspecified atom stereocenters. The maximum atomic E-state index is 6.23. The van der Waals surface area contributed by atoms with E-state index in [9.17, 15) is 0 Å². The van der Waals surface area contributed by atoms with Crippen molar-refractivity contribution < 1.29 is 4.74 Å². The number of nitrogen functional groups attached to an aromatic ring is 1. The molecule has 0 saturated carbocycles. The summed E-state index contributed by atoms with van der Waals surface area (Å²) in [4.78, 5) is 9.62. The Morgan fingerprint density at radius 2 is 1.71 bits per heavy atom. The highest BCUT2D eigenvalue weighted by atomic mass is 32.2. The number of aromatic nitrogens is 2. The first-order chi connectivity index (χ1) is 11.7. The zero-order valence-electron chi connectivity index (χ0n) is 13.5. The van der Waals surface area contributed by atoms with Crippen molar-refractivity contribution in [1.82, 2.24) is 9.97 Å². The Kier molecular flexibility index (Phi) is 4.86. The van der Waals surface area contributed by atoms with Crippen molar-refractivity contribution in [3.8, 4) is 5.75 Å². The van der Waals surface area contributed by atoms with Gasteiger partial charge in [-0.05, 0) is 43.3 Å². The van der Waals surface area contributed by atoms with Gasteiger partial charge in [-0.1, -0.05) is 29.5 Å². The number of nitrogens with zero attached hydrogens (tertiary/aromatic N) is 2. The lowest BCUT2D eigenvalue weighted by Crippen LogP contribution is -2.02. The Bertz CT molecular complexity index is 819. The molecule has 122 valence electrons. The SMILES string of the molecule is COc1ccc(Nc2ncnc(Sc3ccc(C)cc3)c2N)cc1. The normalized spacial score (nSPS) is 10.4. The number of ether oxygens (including phenoxy) is 1. The molecule has 5 nitrogen and oxygen atoms in total. The van der Waals surface area contributed by atoms with E-state index in [1.807, 2.05) is 24.3 Å². The molecule has 0 fully saturated rings. The third kappa shape index (κ3) is 3.78. The van der Waals surface area contributed by atoms with Crippen LogP contribution in [0.25, 0.3) is 0 Å². The van der Waals surface area contributed by atoms with Gasteiger partial charge in [0.25, 0.3) is 0 Å². The van der Waals surface area contributed by atoms with Crippen LogP contribution in [0.1, 0.15) is 5.56 Å². The largest absolute Gasteiger partial charge is 0.497 e. The van der Waals surface area contributed by atoms with E-state index in [2.05, 4.69) is 46.5 Å². The van der Waals surface area contributed by atoms with Crippen molar-refractivity contribution in [3.63, 3.8) is 0 Å². The third-order valence-corrected chi connectivity index (χ3v) is 4.46. The van der Waals surface area contributed by atoms with Gasteiger partial charge in [0.2, 0.25) is 0 Å². The third-order valence-electron chi connectivity index (χ3n) is 3.44. The summed E-state index contributed by atoms with van der Waals surface area (Å²) in [5.74, 6) is 1.39. The summed E-state index contributed by atoms with van der Waals surface area (Å²) in [5.41, 5.74) is 8.86. The number of anilines is 3. The number of methoxy groups -OCH3 is 1. The second kappa shape index (κ2) is 7.23. The fourth-order valence-electron chi connectivity index (χ4n) is 2.09. The smallest absolute Gasteiger partial charge is 0.158 e. The monoisotopic (exact) mass is 338 g/mol. The van der Waals surface area contributed by atoms with Gasteiger partial charge in [-0.25, -0.2) is 9.97 Å². The van der Waals surface area contributed by atoms with E-state index in [4.69, 9.17) is 10.5 Å². The summed E-state index contributed by atoms with van der Waals surface area (Å²) in [6, 6.07) is 15.8. The van der Waals surface area contributed by atoms with Crippen molar-refractivity contribution in [2.24, 2.45) is 0 Å². The van der Waals surface area contributed by atoms with E-state index in [0.717, 1.165) is 21.4 Å². The minimum Gasteiger partial charge on any atom is -0.497 e. The molecule has 0 saturated heterocycles. The molecule has 1 heterocycles. The predicted octanol–water partition coefficient (Wildman–Crippen LogP) is 4.27. The molecule has 1 aromatic heterocycles. The summed E-state index contributed by atoms with van der Waals surface area (Å²) >= 11 is 1.52. The minimum atomic E-state index is 0.527. The Morgan fingerprint density at radius 3 is 2.38 bits per heavy atom. The molecular formula is C18H18N4OS. The molecule has 0 atom stereocenters. The van der Waals surface area contributed by atoms with Crippen LogP contribution < -0.4 is 15.8 Å². The maximum absolute atomic E-state index is 6.23. The summed E-state index contributed by atoms with van der Waals surface area (Å²) in [5, 5.41) is 3.94. The van der Waals surface area contributed by atoms with Crippen molar-refractivity contribution >= 4 is 29.0 Å². The van der Waals surface area contributed by atoms with Gasteiger partial charge >= 0.3 is 0 Å². The van der Waals surface area contributed by atoms with E-state index in [-0.39, 0.29) is 0 Å². The van der Waals surface area contributed by atoms with Crippen LogP contribution >= 0.6 is 11.8 Å². The summed E-state index contributed by atoms with van der Waals surface area (Å²) in [6.07, 6.45) is 1.51. The molecule has 24 heavy (non-hydrogen) atoms. The lowest BCUT2D eigenvalue weighted by atomic mass is 10.2. The molecule has 3 rings (SSSR count). The average molecular weight is 338 g/mol. The van der Waals surface area contributed by atoms with Crippen molar-refractivity contribution in [3.05, 3.63) is 60.4 Å². The number of nitrogens with one attached hydrogen (secondary N) is 1. The Morgan fingerprint density at radius 1 is 1.00 bits per heavy atom. The Hall–Kier alpha value is -2.73. The van der Waals surface area contributed by atoms with Crippen molar-refractivity contribution in [2.75, 3.05) is 18.2 Å². The molecule has 3 aromatic rings. The van der Waals surface area contributed by atoms with Crippen LogP contribution in [0.2, 0.25) is 0 Å². The minimum absolute atomic E-state index is 0.527. The molecule has 0 spiro atoms. The van der Waals surface area contributed by atoms with Crippen LogP contribution in [0.5, 0.6) is 5.75 Å². The molecule has 2 aromatic carbocycles. The fraction of sp³-hybridized carbons (Fsp3) is 0.111. The van der Waals surface area contributed by atoms with Crippen LogP contribution in [-0.4, -0.2) is 17.1 Å². The Labute approximate surface area is 145 Å². The number of nitrogens with two attached hydrogens (primary N) is 1. The molecule has 0 bridgehead atoms. The van der Waals surface area contributed by atoms with Gasteiger partial charge in [-0.2, -0.15) is 0 Å². The van der Waals surface area contributed by atoms with Crippen molar-refractivity contribution in [2.45, 2.75) is 16.8 Å². The van der Waals surface area contributed by atoms with E-state index in [0.29, 0.717) is 11.5 Å². The topological polar surface area (TPSA) is 73.1 Å². The van der Waals surface area contributed by atoms with Crippen LogP contribution in [0.4, 0.5) is 17.2 Å². The lowest BCUT2D eigenvalue weighted by molar-refractivity contribution is 0.415. The van der Waals surface area contributed by atoms with Crippen LogP contribution in [0.3, 0.4) is 0 Å². The zero-order chi connectivity index (χ0) is 16.9. The van der Waals surface area contributed by atoms with Gasteiger partial charge in [-0.15, -0.1) is 0 Å². The second-order valence-corrected chi connectivity index (χ2v) is 6.27. The van der Waals surface area contributed by atoms with Crippen molar-refractivity contribution in [1.29, 1.82) is 0 Å². The number of hydrogen-bond donors (Lipinski definition) is 2. The molecule has 6 heteroatoms. The van der Waals surface area contributed by atoms with Crippen LogP contribution in [0.15, 0.2) is 64.8 Å². The van der Waals surface area contributed by atoms with E-state index >= 15 is 0 Å². The van der Waals surface area contributed by atoms with Gasteiger partial charge in [0.1, 0.15) is 22.8 Å². The van der Waals surface area contributed by atoms with Gasteiger partial charge < -0.3 is 15.8 Å². The molecule has 0 aliphatic heterocycles. The fourth-order valence-corrected chi connectivity index (χ4v) is 2.89. The van der Waals surface area contributed by atoms with Crippen LogP contribution in [0, 0.1) is 6.92 Å². The first-order valence-corrected chi connectivity index (χ1v) is 8.23. The molecule has 0 amide bonds. The summed E-state index contributed by atoms with van der Waals surface area (Å²) in [6.45, 7) is 2.06. The highest BCUT2D eigenvalue weighted by molar-refractivity contribution is 7.99. The quantitative estimate of drug-likeness (QED) is 0.677. The first-order valence-electron chi connectivity index (χ1n) is 7.42. The molecule has 0 aliphatic carbocycles. The van der Waals surface area contributed by atoms with Gasteiger partial charge in [0.15, 0.2) is 5.82 Å². The lowest BCUT2D eigenvalue weighted by Gasteiger charge is -2.11.